The zero-order valence-electron chi connectivity index (χ0n) is 7.96. The fraction of sp³-hybridized carbons (Fsp3) is 0.455. The molecule has 0 spiro atoms. The molecule has 1 aromatic carbocycles. The van der Waals surface area contributed by atoms with E-state index in [4.69, 9.17) is 11.6 Å². The van der Waals surface area contributed by atoms with Crippen LogP contribution in [0.3, 0.4) is 0 Å². The van der Waals surface area contributed by atoms with Gasteiger partial charge < -0.3 is 10.2 Å². The number of fused-ring (bicyclic) bond motifs is 3. The second-order valence-electron chi connectivity index (χ2n) is 3.99. The maximum atomic E-state index is 6.19. The molecule has 0 unspecified atom stereocenters. The predicted molar refractivity (Wildman–Crippen MR) is 59.2 cm³/mol. The van der Waals surface area contributed by atoms with Crippen LogP contribution in [0.15, 0.2) is 18.2 Å². The van der Waals surface area contributed by atoms with Crippen molar-refractivity contribution >= 4 is 17.3 Å². The third-order valence-electron chi connectivity index (χ3n) is 3.19. The van der Waals surface area contributed by atoms with Crippen molar-refractivity contribution in [2.75, 3.05) is 24.5 Å². The summed E-state index contributed by atoms with van der Waals surface area (Å²) in [5, 5.41) is 4.35. The minimum Gasteiger partial charge on any atom is -0.365 e. The lowest BCUT2D eigenvalue weighted by Gasteiger charge is -2.32. The quantitative estimate of drug-likeness (QED) is 0.698. The number of anilines is 1. The van der Waals surface area contributed by atoms with Crippen molar-refractivity contribution in [1.29, 1.82) is 0 Å². The van der Waals surface area contributed by atoms with Crippen molar-refractivity contribution in [1.82, 2.24) is 5.32 Å². The van der Waals surface area contributed by atoms with Crippen LogP contribution in [0.4, 0.5) is 5.69 Å². The van der Waals surface area contributed by atoms with Gasteiger partial charge in [0.2, 0.25) is 0 Å². The van der Waals surface area contributed by atoms with Gasteiger partial charge in [0, 0.05) is 36.4 Å². The van der Waals surface area contributed by atoms with E-state index >= 15 is 0 Å². The number of piperazine rings is 1. The van der Waals surface area contributed by atoms with Crippen molar-refractivity contribution in [3.05, 3.63) is 28.8 Å². The molecule has 2 heterocycles. The molecule has 0 aromatic heterocycles. The predicted octanol–water partition coefficient (Wildman–Crippen LogP) is 1.67. The van der Waals surface area contributed by atoms with Crippen molar-refractivity contribution < 1.29 is 0 Å². The number of hydrogen-bond donors (Lipinski definition) is 1. The van der Waals surface area contributed by atoms with E-state index in [0.29, 0.717) is 6.04 Å². The molecule has 1 aromatic rings. The van der Waals surface area contributed by atoms with Crippen LogP contribution < -0.4 is 10.2 Å². The second kappa shape index (κ2) is 3.14. The number of nitrogens with zero attached hydrogens (tertiary/aromatic N) is 1. The van der Waals surface area contributed by atoms with Gasteiger partial charge in [-0.15, -0.1) is 0 Å². The molecule has 3 rings (SSSR count). The molecular weight excluding hydrogens is 196 g/mol. The van der Waals surface area contributed by atoms with Crippen molar-refractivity contribution in [2.45, 2.75) is 12.5 Å². The summed E-state index contributed by atoms with van der Waals surface area (Å²) in [5.41, 5.74) is 2.69. The summed E-state index contributed by atoms with van der Waals surface area (Å²) in [5.74, 6) is 0. The Balaban J connectivity index is 2.05. The maximum Gasteiger partial charge on any atom is 0.0459 e. The van der Waals surface area contributed by atoms with E-state index in [2.05, 4.69) is 16.3 Å². The Labute approximate surface area is 88.9 Å². The average Bonchev–Trinajstić information content (AvgIpc) is 2.59. The molecule has 1 N–H and O–H groups in total. The minimum atomic E-state index is 0.624. The highest BCUT2D eigenvalue weighted by atomic mass is 35.5. The third-order valence-corrected chi connectivity index (χ3v) is 3.55. The Morgan fingerprint density at radius 3 is 3.29 bits per heavy atom. The molecule has 2 nitrogen and oxygen atoms in total. The summed E-state index contributed by atoms with van der Waals surface area (Å²) < 4.78 is 0. The van der Waals surface area contributed by atoms with Gasteiger partial charge in [-0.25, -0.2) is 0 Å². The largest absolute Gasteiger partial charge is 0.365 e. The summed E-state index contributed by atoms with van der Waals surface area (Å²) in [7, 11) is 0. The van der Waals surface area contributed by atoms with Crippen LogP contribution in [0.2, 0.25) is 5.02 Å². The number of hydrogen-bond acceptors (Lipinski definition) is 2. The van der Waals surface area contributed by atoms with E-state index in [0.717, 1.165) is 31.1 Å². The fourth-order valence-corrected chi connectivity index (χ4v) is 2.76. The van der Waals surface area contributed by atoms with Crippen LogP contribution >= 0.6 is 11.6 Å². The van der Waals surface area contributed by atoms with E-state index < -0.39 is 0 Å². The molecule has 2 aliphatic heterocycles. The molecule has 1 atom stereocenters. The van der Waals surface area contributed by atoms with Gasteiger partial charge >= 0.3 is 0 Å². The van der Waals surface area contributed by atoms with Gasteiger partial charge in [-0.2, -0.15) is 0 Å². The van der Waals surface area contributed by atoms with Crippen molar-refractivity contribution in [2.24, 2.45) is 0 Å². The van der Waals surface area contributed by atoms with Gasteiger partial charge in [-0.05, 0) is 24.1 Å². The summed E-state index contributed by atoms with van der Waals surface area (Å²) in [4.78, 5) is 2.48. The van der Waals surface area contributed by atoms with Gasteiger partial charge in [-0.1, -0.05) is 17.7 Å². The molecular formula is C11H13ClN2. The molecule has 1 saturated heterocycles. The number of rotatable bonds is 0. The smallest absolute Gasteiger partial charge is 0.0459 e. The van der Waals surface area contributed by atoms with Crippen LogP contribution in [0.25, 0.3) is 0 Å². The first-order valence-corrected chi connectivity index (χ1v) is 5.49. The molecule has 1 fully saturated rings. The average molecular weight is 209 g/mol. The monoisotopic (exact) mass is 208 g/mol. The first kappa shape index (κ1) is 8.57. The highest BCUT2D eigenvalue weighted by Crippen LogP contribution is 2.36. The van der Waals surface area contributed by atoms with E-state index in [1.807, 2.05) is 12.1 Å². The zero-order chi connectivity index (χ0) is 9.54. The van der Waals surface area contributed by atoms with E-state index in [1.165, 1.54) is 11.3 Å². The van der Waals surface area contributed by atoms with E-state index in [9.17, 15) is 0 Å². The summed E-state index contributed by atoms with van der Waals surface area (Å²) in [6.07, 6.45) is 1.10. The molecule has 3 heteroatoms. The Morgan fingerprint density at radius 1 is 1.43 bits per heavy atom. The lowest BCUT2D eigenvalue weighted by atomic mass is 10.1. The fourth-order valence-electron chi connectivity index (χ4n) is 2.51. The topological polar surface area (TPSA) is 15.3 Å². The first-order valence-electron chi connectivity index (χ1n) is 5.11. The number of nitrogens with one attached hydrogen (secondary N) is 1. The molecule has 2 aliphatic rings. The molecule has 0 aliphatic carbocycles. The lowest BCUT2D eigenvalue weighted by molar-refractivity contribution is 0.495. The Kier molecular flexibility index (Phi) is 1.92. The molecule has 0 saturated carbocycles. The van der Waals surface area contributed by atoms with Crippen LogP contribution in [-0.4, -0.2) is 25.7 Å². The van der Waals surface area contributed by atoms with Gasteiger partial charge in [0.1, 0.15) is 0 Å². The lowest BCUT2D eigenvalue weighted by Crippen LogP contribution is -2.49. The van der Waals surface area contributed by atoms with Crippen LogP contribution in [-0.2, 0) is 6.42 Å². The molecule has 0 amide bonds. The van der Waals surface area contributed by atoms with E-state index in [-0.39, 0.29) is 0 Å². The summed E-state index contributed by atoms with van der Waals surface area (Å²) in [6.45, 7) is 3.28. The third kappa shape index (κ3) is 1.14. The molecule has 74 valence electrons. The first-order chi connectivity index (χ1) is 6.86. The standard InChI is InChI=1S/C11H13ClN2/c12-10-2-1-3-11-9(10)6-8-7-13-4-5-14(8)11/h1-3,8,13H,4-7H2/t8-/m0/s1. The Morgan fingerprint density at radius 2 is 2.36 bits per heavy atom. The van der Waals surface area contributed by atoms with Gasteiger partial charge in [0.25, 0.3) is 0 Å². The van der Waals surface area contributed by atoms with Crippen molar-refractivity contribution in [3.63, 3.8) is 0 Å². The number of benzene rings is 1. The zero-order valence-corrected chi connectivity index (χ0v) is 8.72. The number of halogens is 1. The Bertz CT molecular complexity index is 364. The SMILES string of the molecule is Clc1cccc2c1C[C@H]1CNCCN21. The van der Waals surface area contributed by atoms with Gasteiger partial charge in [0.05, 0.1) is 0 Å². The van der Waals surface area contributed by atoms with Crippen LogP contribution in [0.1, 0.15) is 5.56 Å². The molecule has 0 radical (unpaired) electrons. The molecule has 14 heavy (non-hydrogen) atoms. The normalized spacial score (nSPS) is 24.6. The van der Waals surface area contributed by atoms with E-state index in [1.54, 1.807) is 0 Å². The highest BCUT2D eigenvalue weighted by Gasteiger charge is 2.31. The summed E-state index contributed by atoms with van der Waals surface area (Å²) in [6, 6.07) is 6.85. The molecule has 0 bridgehead atoms. The summed E-state index contributed by atoms with van der Waals surface area (Å²) >= 11 is 6.19. The minimum absolute atomic E-state index is 0.624. The van der Waals surface area contributed by atoms with Gasteiger partial charge in [-0.3, -0.25) is 0 Å². The maximum absolute atomic E-state index is 6.19. The van der Waals surface area contributed by atoms with Crippen LogP contribution in [0.5, 0.6) is 0 Å². The van der Waals surface area contributed by atoms with Crippen molar-refractivity contribution in [3.8, 4) is 0 Å². The van der Waals surface area contributed by atoms with Gasteiger partial charge in [0.15, 0.2) is 0 Å². The highest BCUT2D eigenvalue weighted by molar-refractivity contribution is 6.31. The Hall–Kier alpha value is -0.730. The van der Waals surface area contributed by atoms with Crippen LogP contribution in [0, 0.1) is 0 Å². The second-order valence-corrected chi connectivity index (χ2v) is 4.40.